The molecule has 0 spiro atoms. The first kappa shape index (κ1) is 21.6. The summed E-state index contributed by atoms with van der Waals surface area (Å²) in [5.74, 6) is -0.518. The van der Waals surface area contributed by atoms with E-state index in [-0.39, 0.29) is 18.5 Å². The molecule has 1 unspecified atom stereocenters. The smallest absolute Gasteiger partial charge is 0.315 e. The molecule has 7 nitrogen and oxygen atoms in total. The zero-order valence-electron chi connectivity index (χ0n) is 18.3. The van der Waals surface area contributed by atoms with Gasteiger partial charge in [-0.3, -0.25) is 14.6 Å². The lowest BCUT2D eigenvalue weighted by Crippen LogP contribution is -2.38. The van der Waals surface area contributed by atoms with E-state index >= 15 is 0 Å². The molecule has 0 aromatic heterocycles. The van der Waals surface area contributed by atoms with Gasteiger partial charge in [0.1, 0.15) is 12.5 Å². The van der Waals surface area contributed by atoms with Crippen LogP contribution in [0.4, 0.5) is 0 Å². The van der Waals surface area contributed by atoms with Crippen molar-refractivity contribution in [2.75, 3.05) is 27.4 Å². The van der Waals surface area contributed by atoms with Crippen LogP contribution < -0.4 is 9.47 Å². The highest BCUT2D eigenvalue weighted by Crippen LogP contribution is 2.48. The number of methoxy groups -OCH3 is 2. The Morgan fingerprint density at radius 2 is 2.03 bits per heavy atom. The number of carbonyl (C=O) groups excluding carboxylic acids is 2. The Morgan fingerprint density at radius 1 is 1.19 bits per heavy atom. The van der Waals surface area contributed by atoms with Crippen LogP contribution in [-0.2, 0) is 19.1 Å². The summed E-state index contributed by atoms with van der Waals surface area (Å²) in [5, 5.41) is 0. The number of esters is 1. The minimum Gasteiger partial charge on any atom is -0.493 e. The number of ketones is 1. The van der Waals surface area contributed by atoms with Crippen molar-refractivity contribution in [3.8, 4) is 11.5 Å². The molecule has 4 rings (SSSR count). The molecule has 7 heteroatoms. The van der Waals surface area contributed by atoms with E-state index in [1.54, 1.807) is 20.3 Å². The maximum absolute atomic E-state index is 13.3. The minimum atomic E-state index is -0.705. The van der Waals surface area contributed by atoms with Gasteiger partial charge >= 0.3 is 5.97 Å². The summed E-state index contributed by atoms with van der Waals surface area (Å²) >= 11 is 0. The third-order valence-corrected chi connectivity index (χ3v) is 6.29. The zero-order chi connectivity index (χ0) is 22.0. The van der Waals surface area contributed by atoms with Crippen LogP contribution in [-0.4, -0.2) is 51.0 Å². The van der Waals surface area contributed by atoms with E-state index in [2.05, 4.69) is 4.99 Å². The molecule has 31 heavy (non-hydrogen) atoms. The lowest BCUT2D eigenvalue weighted by atomic mass is 9.71. The summed E-state index contributed by atoms with van der Waals surface area (Å²) in [4.78, 5) is 31.0. The maximum atomic E-state index is 13.3. The van der Waals surface area contributed by atoms with Gasteiger partial charge in [-0.1, -0.05) is 12.1 Å². The van der Waals surface area contributed by atoms with Crippen LogP contribution in [0, 0.1) is 5.92 Å². The van der Waals surface area contributed by atoms with Gasteiger partial charge in [-0.05, 0) is 38.7 Å². The average molecular weight is 427 g/mol. The lowest BCUT2D eigenvalue weighted by Gasteiger charge is -2.35. The average Bonchev–Trinajstić information content (AvgIpc) is 3.29. The predicted octanol–water partition coefficient (Wildman–Crippen LogP) is 3.61. The second kappa shape index (κ2) is 9.22. The fraction of sp³-hybridized carbons (Fsp3) is 0.542. The van der Waals surface area contributed by atoms with Gasteiger partial charge in [-0.2, -0.15) is 0 Å². The van der Waals surface area contributed by atoms with E-state index in [4.69, 9.17) is 18.9 Å². The Hall–Kier alpha value is -2.67. The van der Waals surface area contributed by atoms with Gasteiger partial charge in [-0.25, -0.2) is 0 Å². The number of allylic oxidation sites excluding steroid dienone is 2. The van der Waals surface area contributed by atoms with E-state index in [1.807, 2.05) is 19.1 Å². The molecule has 0 bridgehead atoms. The normalized spacial score (nSPS) is 25.7. The fourth-order valence-corrected chi connectivity index (χ4v) is 4.85. The number of hydrogen-bond acceptors (Lipinski definition) is 7. The number of Topliss-reactive ketones (excluding diaryl/α,β-unsaturated/α-hetero) is 1. The number of benzene rings is 1. The molecule has 2 heterocycles. The zero-order valence-corrected chi connectivity index (χ0v) is 18.3. The Balaban J connectivity index is 1.76. The number of hydrogen-bond donors (Lipinski definition) is 0. The third kappa shape index (κ3) is 4.11. The number of carbonyl (C=O) groups is 2. The van der Waals surface area contributed by atoms with Crippen molar-refractivity contribution in [1.29, 1.82) is 0 Å². The van der Waals surface area contributed by atoms with Crippen molar-refractivity contribution in [1.82, 2.24) is 0 Å². The molecular formula is C24H29NO6. The van der Waals surface area contributed by atoms with Crippen molar-refractivity contribution in [3.63, 3.8) is 0 Å². The van der Waals surface area contributed by atoms with Crippen molar-refractivity contribution in [2.45, 2.75) is 51.0 Å². The van der Waals surface area contributed by atoms with Gasteiger partial charge in [0.25, 0.3) is 0 Å². The first-order valence-corrected chi connectivity index (χ1v) is 10.9. The molecule has 0 radical (unpaired) electrons. The van der Waals surface area contributed by atoms with Gasteiger partial charge < -0.3 is 18.9 Å². The van der Waals surface area contributed by atoms with Crippen LogP contribution in [0.15, 0.2) is 34.5 Å². The molecule has 3 aliphatic rings. The summed E-state index contributed by atoms with van der Waals surface area (Å²) in [6, 6.07) is 5.53. The van der Waals surface area contributed by atoms with Gasteiger partial charge in [0.15, 0.2) is 17.3 Å². The Bertz CT molecular complexity index is 928. The van der Waals surface area contributed by atoms with Gasteiger partial charge in [0.05, 0.1) is 20.3 Å². The van der Waals surface area contributed by atoms with Crippen molar-refractivity contribution in [3.05, 3.63) is 35.0 Å². The topological polar surface area (TPSA) is 83.4 Å². The van der Waals surface area contributed by atoms with Crippen molar-refractivity contribution < 1.29 is 28.5 Å². The largest absolute Gasteiger partial charge is 0.493 e. The van der Waals surface area contributed by atoms with Crippen LogP contribution in [0.2, 0.25) is 0 Å². The molecule has 2 aliphatic heterocycles. The summed E-state index contributed by atoms with van der Waals surface area (Å²) in [6.07, 6.45) is 3.73. The number of ether oxygens (including phenoxy) is 4. The second-order valence-corrected chi connectivity index (χ2v) is 8.19. The van der Waals surface area contributed by atoms with E-state index in [1.165, 1.54) is 0 Å². The number of para-hydroxylation sites is 1. The second-order valence-electron chi connectivity index (χ2n) is 8.19. The van der Waals surface area contributed by atoms with Crippen LogP contribution in [0.3, 0.4) is 0 Å². The van der Waals surface area contributed by atoms with E-state index in [0.717, 1.165) is 36.9 Å². The van der Waals surface area contributed by atoms with Crippen LogP contribution in [0.5, 0.6) is 11.5 Å². The SMILES string of the molecule is COc1cccc([C@@H]2C3=C(CCCC3=O)N=C(C)C2C(=O)OC[C@H]2CCCO2)c1OC. The highest BCUT2D eigenvalue weighted by molar-refractivity contribution is 6.09. The minimum absolute atomic E-state index is 0.0318. The lowest BCUT2D eigenvalue weighted by molar-refractivity contribution is -0.149. The van der Waals surface area contributed by atoms with E-state index < -0.39 is 17.8 Å². The molecule has 3 atom stereocenters. The molecule has 1 saturated heterocycles. The summed E-state index contributed by atoms with van der Waals surface area (Å²) < 4.78 is 22.4. The fourth-order valence-electron chi connectivity index (χ4n) is 4.85. The quantitative estimate of drug-likeness (QED) is 0.645. The standard InChI is InChI=1S/C24H29NO6/c1-14-20(24(27)31-13-15-7-6-12-30-15)21(22-17(25-14)9-5-10-18(22)26)16-8-4-11-19(28-2)23(16)29-3/h4,8,11,15,20-21H,5-7,9-10,12-13H2,1-3H3/t15-,20?,21+/m1/s1. The highest BCUT2D eigenvalue weighted by atomic mass is 16.6. The highest BCUT2D eigenvalue weighted by Gasteiger charge is 2.44. The molecule has 1 aliphatic carbocycles. The molecule has 1 aromatic rings. The summed E-state index contributed by atoms with van der Waals surface area (Å²) in [7, 11) is 3.13. The molecule has 166 valence electrons. The predicted molar refractivity (Wildman–Crippen MR) is 115 cm³/mol. The number of aliphatic imine (C=N–C) groups is 1. The first-order valence-electron chi connectivity index (χ1n) is 10.9. The molecule has 0 amide bonds. The van der Waals surface area contributed by atoms with Crippen molar-refractivity contribution >= 4 is 17.5 Å². The molecule has 1 aromatic carbocycles. The Labute approximate surface area is 182 Å². The van der Waals surface area contributed by atoms with Crippen LogP contribution in [0.1, 0.15) is 50.5 Å². The summed E-state index contributed by atoms with van der Waals surface area (Å²) in [5.41, 5.74) is 2.76. The Kier molecular flexibility index (Phi) is 6.41. The van der Waals surface area contributed by atoms with Gasteiger partial charge in [0, 0.05) is 41.5 Å². The number of nitrogens with zero attached hydrogens (tertiary/aromatic N) is 1. The Morgan fingerprint density at radius 3 is 2.74 bits per heavy atom. The molecular weight excluding hydrogens is 398 g/mol. The van der Waals surface area contributed by atoms with E-state index in [9.17, 15) is 9.59 Å². The molecule has 0 N–H and O–H groups in total. The van der Waals surface area contributed by atoms with Crippen molar-refractivity contribution in [2.24, 2.45) is 10.9 Å². The summed E-state index contributed by atoms with van der Waals surface area (Å²) in [6.45, 7) is 2.74. The molecule has 1 fully saturated rings. The van der Waals surface area contributed by atoms with Gasteiger partial charge in [-0.15, -0.1) is 0 Å². The monoisotopic (exact) mass is 427 g/mol. The maximum Gasteiger partial charge on any atom is 0.315 e. The third-order valence-electron chi connectivity index (χ3n) is 6.29. The van der Waals surface area contributed by atoms with E-state index in [0.29, 0.717) is 35.8 Å². The van der Waals surface area contributed by atoms with Crippen LogP contribution >= 0.6 is 0 Å². The first-order chi connectivity index (χ1) is 15.0. The van der Waals surface area contributed by atoms with Gasteiger partial charge in [0.2, 0.25) is 0 Å². The molecule has 0 saturated carbocycles. The number of rotatable bonds is 6. The van der Waals surface area contributed by atoms with Crippen LogP contribution in [0.25, 0.3) is 0 Å².